The van der Waals surface area contributed by atoms with E-state index in [0.717, 1.165) is 45.1 Å². The molecule has 0 spiro atoms. The van der Waals surface area contributed by atoms with Crippen LogP contribution in [0.15, 0.2) is 35.3 Å². The standard InChI is InChI=1S/C16H28N4.HI/c1-4-20(5-2)14-13-19-16(17-3)18-12-11-15-9-7-6-8-10-15;/h6-10H,4-5,11-14H2,1-3H3,(H2,17,18,19);1H. The van der Waals surface area contributed by atoms with Crippen molar-refractivity contribution in [2.24, 2.45) is 4.99 Å². The molecule has 4 nitrogen and oxygen atoms in total. The molecule has 0 bridgehead atoms. The number of hydrogen-bond donors (Lipinski definition) is 2. The van der Waals surface area contributed by atoms with Crippen LogP contribution in [0.2, 0.25) is 0 Å². The summed E-state index contributed by atoms with van der Waals surface area (Å²) in [5, 5.41) is 6.70. The van der Waals surface area contributed by atoms with Gasteiger partial charge >= 0.3 is 0 Å². The molecule has 2 N–H and O–H groups in total. The predicted octanol–water partition coefficient (Wildman–Crippen LogP) is 2.35. The summed E-state index contributed by atoms with van der Waals surface area (Å²) in [6.07, 6.45) is 1.01. The van der Waals surface area contributed by atoms with Crippen LogP contribution in [0.4, 0.5) is 0 Å². The zero-order chi connectivity index (χ0) is 14.6. The Hall–Kier alpha value is -0.820. The lowest BCUT2D eigenvalue weighted by Gasteiger charge is -2.19. The van der Waals surface area contributed by atoms with E-state index in [1.165, 1.54) is 5.56 Å². The molecule has 0 aliphatic heterocycles. The Morgan fingerprint density at radius 3 is 2.24 bits per heavy atom. The predicted molar refractivity (Wildman–Crippen MR) is 103 cm³/mol. The van der Waals surface area contributed by atoms with Crippen molar-refractivity contribution in [3.05, 3.63) is 35.9 Å². The molecule has 0 radical (unpaired) electrons. The second-order valence-corrected chi connectivity index (χ2v) is 4.69. The first-order chi connectivity index (χ1) is 9.80. The second-order valence-electron chi connectivity index (χ2n) is 4.69. The first-order valence-electron chi connectivity index (χ1n) is 7.51. The molecule has 0 saturated heterocycles. The molecule has 1 rings (SSSR count). The lowest BCUT2D eigenvalue weighted by atomic mass is 10.1. The fraction of sp³-hybridized carbons (Fsp3) is 0.562. The number of rotatable bonds is 8. The van der Waals surface area contributed by atoms with Gasteiger partial charge in [0.25, 0.3) is 0 Å². The largest absolute Gasteiger partial charge is 0.356 e. The molecule has 0 unspecified atom stereocenters. The third-order valence-corrected chi connectivity index (χ3v) is 3.39. The molecule has 0 heterocycles. The zero-order valence-corrected chi connectivity index (χ0v) is 15.8. The first-order valence-corrected chi connectivity index (χ1v) is 7.51. The number of guanidine groups is 1. The minimum absolute atomic E-state index is 0. The normalized spacial score (nSPS) is 11.1. The van der Waals surface area contributed by atoms with Crippen LogP contribution in [0.5, 0.6) is 0 Å². The van der Waals surface area contributed by atoms with Crippen molar-refractivity contribution in [1.82, 2.24) is 15.5 Å². The molecule has 1 aromatic carbocycles. The summed E-state index contributed by atoms with van der Waals surface area (Å²) in [6, 6.07) is 10.5. The minimum atomic E-state index is 0. The molecule has 0 fully saturated rings. The van der Waals surface area contributed by atoms with E-state index in [-0.39, 0.29) is 24.0 Å². The van der Waals surface area contributed by atoms with Crippen LogP contribution in [-0.2, 0) is 6.42 Å². The number of aliphatic imine (C=N–C) groups is 1. The number of nitrogens with one attached hydrogen (secondary N) is 2. The average Bonchev–Trinajstić information content (AvgIpc) is 2.51. The van der Waals surface area contributed by atoms with Crippen molar-refractivity contribution in [3.8, 4) is 0 Å². The van der Waals surface area contributed by atoms with E-state index in [2.05, 4.69) is 58.6 Å². The molecular formula is C16H29IN4. The maximum absolute atomic E-state index is 4.24. The van der Waals surface area contributed by atoms with Crippen LogP contribution in [0.1, 0.15) is 19.4 Å². The van der Waals surface area contributed by atoms with Crippen molar-refractivity contribution in [2.45, 2.75) is 20.3 Å². The van der Waals surface area contributed by atoms with E-state index in [1.807, 2.05) is 13.1 Å². The maximum Gasteiger partial charge on any atom is 0.191 e. The highest BCUT2D eigenvalue weighted by atomic mass is 127. The van der Waals surface area contributed by atoms with Crippen molar-refractivity contribution < 1.29 is 0 Å². The molecule has 1 aromatic rings. The van der Waals surface area contributed by atoms with Crippen molar-refractivity contribution in [3.63, 3.8) is 0 Å². The minimum Gasteiger partial charge on any atom is -0.356 e. The summed E-state index contributed by atoms with van der Waals surface area (Å²) in [5.74, 6) is 0.882. The highest BCUT2D eigenvalue weighted by Crippen LogP contribution is 1.97. The van der Waals surface area contributed by atoms with E-state index in [4.69, 9.17) is 0 Å². The SMILES string of the molecule is CCN(CC)CCNC(=NC)NCCc1ccccc1.I. The van der Waals surface area contributed by atoms with Crippen LogP contribution >= 0.6 is 24.0 Å². The van der Waals surface area contributed by atoms with Gasteiger partial charge in [0.1, 0.15) is 0 Å². The highest BCUT2D eigenvalue weighted by molar-refractivity contribution is 14.0. The average molecular weight is 404 g/mol. The third-order valence-electron chi connectivity index (χ3n) is 3.39. The lowest BCUT2D eigenvalue weighted by Crippen LogP contribution is -2.42. The quantitative estimate of drug-likeness (QED) is 0.397. The molecule has 0 aliphatic carbocycles. The van der Waals surface area contributed by atoms with E-state index in [1.54, 1.807) is 0 Å². The van der Waals surface area contributed by atoms with E-state index < -0.39 is 0 Å². The van der Waals surface area contributed by atoms with E-state index >= 15 is 0 Å². The molecule has 120 valence electrons. The van der Waals surface area contributed by atoms with Gasteiger partial charge in [-0.3, -0.25) is 4.99 Å². The molecule has 21 heavy (non-hydrogen) atoms. The summed E-state index contributed by atoms with van der Waals surface area (Å²) in [4.78, 5) is 6.64. The maximum atomic E-state index is 4.24. The number of nitrogens with zero attached hydrogens (tertiary/aromatic N) is 2. The van der Waals surface area contributed by atoms with Gasteiger partial charge in [0, 0.05) is 26.7 Å². The monoisotopic (exact) mass is 404 g/mol. The van der Waals surface area contributed by atoms with Gasteiger partial charge in [0.15, 0.2) is 5.96 Å². The van der Waals surface area contributed by atoms with Gasteiger partial charge in [0.05, 0.1) is 0 Å². The first kappa shape index (κ1) is 20.2. The van der Waals surface area contributed by atoms with Crippen LogP contribution in [-0.4, -0.2) is 50.6 Å². The van der Waals surface area contributed by atoms with Gasteiger partial charge in [-0.25, -0.2) is 0 Å². The fourth-order valence-corrected chi connectivity index (χ4v) is 2.06. The fourth-order valence-electron chi connectivity index (χ4n) is 2.06. The van der Waals surface area contributed by atoms with Crippen molar-refractivity contribution in [2.75, 3.05) is 39.8 Å². The van der Waals surface area contributed by atoms with Gasteiger partial charge in [-0.2, -0.15) is 0 Å². The summed E-state index contributed by atoms with van der Waals surface area (Å²) in [7, 11) is 1.81. The van der Waals surface area contributed by atoms with Crippen molar-refractivity contribution in [1.29, 1.82) is 0 Å². The summed E-state index contributed by atoms with van der Waals surface area (Å²) < 4.78 is 0. The second kappa shape index (κ2) is 12.9. The topological polar surface area (TPSA) is 39.7 Å². The van der Waals surface area contributed by atoms with Gasteiger partial charge in [-0.15, -0.1) is 24.0 Å². The number of likely N-dealkylation sites (N-methyl/N-ethyl adjacent to an activating group) is 1. The molecule has 0 saturated carbocycles. The van der Waals surface area contributed by atoms with Gasteiger partial charge in [-0.1, -0.05) is 44.2 Å². The molecule has 0 aliphatic rings. The Morgan fingerprint density at radius 1 is 1.05 bits per heavy atom. The van der Waals surface area contributed by atoms with Crippen molar-refractivity contribution >= 4 is 29.9 Å². The molecule has 0 amide bonds. The van der Waals surface area contributed by atoms with Gasteiger partial charge in [0.2, 0.25) is 0 Å². The molecular weight excluding hydrogens is 375 g/mol. The highest BCUT2D eigenvalue weighted by Gasteiger charge is 2.00. The summed E-state index contributed by atoms with van der Waals surface area (Å²) in [6.45, 7) is 9.44. The number of halogens is 1. The van der Waals surface area contributed by atoms with Crippen LogP contribution in [0, 0.1) is 0 Å². The summed E-state index contributed by atoms with van der Waals surface area (Å²) >= 11 is 0. The van der Waals surface area contributed by atoms with E-state index in [0.29, 0.717) is 0 Å². The Labute approximate surface area is 146 Å². The van der Waals surface area contributed by atoms with Gasteiger partial charge in [-0.05, 0) is 25.1 Å². The Kier molecular flexibility index (Phi) is 12.4. The van der Waals surface area contributed by atoms with Crippen LogP contribution < -0.4 is 10.6 Å². The Bertz CT molecular complexity index is 377. The van der Waals surface area contributed by atoms with Gasteiger partial charge < -0.3 is 15.5 Å². The number of hydrogen-bond acceptors (Lipinski definition) is 2. The Morgan fingerprint density at radius 2 is 1.67 bits per heavy atom. The van der Waals surface area contributed by atoms with Crippen LogP contribution in [0.3, 0.4) is 0 Å². The molecule has 0 atom stereocenters. The number of benzene rings is 1. The Balaban J connectivity index is 0.00000400. The third kappa shape index (κ3) is 8.93. The molecule has 0 aromatic heterocycles. The van der Waals surface area contributed by atoms with Crippen LogP contribution in [0.25, 0.3) is 0 Å². The lowest BCUT2D eigenvalue weighted by molar-refractivity contribution is 0.308. The van der Waals surface area contributed by atoms with E-state index in [9.17, 15) is 0 Å². The smallest absolute Gasteiger partial charge is 0.191 e. The summed E-state index contributed by atoms with van der Waals surface area (Å²) in [5.41, 5.74) is 1.35. The zero-order valence-electron chi connectivity index (χ0n) is 13.4. The molecule has 5 heteroatoms.